The van der Waals surface area contributed by atoms with E-state index in [0.29, 0.717) is 0 Å². The second-order valence-corrected chi connectivity index (χ2v) is 4.28. The predicted octanol–water partition coefficient (Wildman–Crippen LogP) is 1.70. The minimum atomic E-state index is 0.957. The van der Waals surface area contributed by atoms with Crippen LogP contribution in [0.15, 0.2) is 12.4 Å². The first-order valence-corrected chi connectivity index (χ1v) is 5.53. The van der Waals surface area contributed by atoms with Gasteiger partial charge in [0.2, 0.25) is 0 Å². The van der Waals surface area contributed by atoms with Crippen molar-refractivity contribution in [1.82, 2.24) is 15.1 Å². The van der Waals surface area contributed by atoms with Gasteiger partial charge < -0.3 is 5.32 Å². The summed E-state index contributed by atoms with van der Waals surface area (Å²) in [5, 5.41) is 7.58. The number of nitrogens with zero attached hydrogens (tertiary/aromatic N) is 2. The lowest BCUT2D eigenvalue weighted by Crippen LogP contribution is -2.14. The van der Waals surface area contributed by atoms with Crippen molar-refractivity contribution in [3.8, 4) is 0 Å². The van der Waals surface area contributed by atoms with Crippen LogP contribution in [0.3, 0.4) is 0 Å². The molecule has 1 aliphatic rings. The van der Waals surface area contributed by atoms with Crippen molar-refractivity contribution in [1.29, 1.82) is 0 Å². The maximum absolute atomic E-state index is 4.13. The molecule has 0 aromatic carbocycles. The van der Waals surface area contributed by atoms with Crippen LogP contribution in [0.4, 0.5) is 0 Å². The molecule has 0 unspecified atom stereocenters. The zero-order valence-electron chi connectivity index (χ0n) is 8.87. The van der Waals surface area contributed by atoms with Crippen LogP contribution in [0.2, 0.25) is 0 Å². The maximum Gasteiger partial charge on any atom is 0.0534 e. The Labute approximate surface area is 85.5 Å². The molecule has 0 radical (unpaired) electrons. The SMILES string of the molecule is Cn1cc(CNCCCC2CC2)cn1. The zero-order valence-corrected chi connectivity index (χ0v) is 8.87. The number of aryl methyl sites for hydroxylation is 1. The molecule has 1 fully saturated rings. The van der Waals surface area contributed by atoms with Gasteiger partial charge in [0.1, 0.15) is 0 Å². The molecule has 0 atom stereocenters. The lowest BCUT2D eigenvalue weighted by atomic mass is 10.2. The fraction of sp³-hybridized carbons (Fsp3) is 0.727. The topological polar surface area (TPSA) is 29.9 Å². The lowest BCUT2D eigenvalue weighted by Gasteiger charge is -2.01. The molecular weight excluding hydrogens is 174 g/mol. The first-order valence-electron chi connectivity index (χ1n) is 5.53. The summed E-state index contributed by atoms with van der Waals surface area (Å²) < 4.78 is 1.85. The van der Waals surface area contributed by atoms with Crippen molar-refractivity contribution >= 4 is 0 Å². The molecule has 2 rings (SSSR count). The van der Waals surface area contributed by atoms with Gasteiger partial charge >= 0.3 is 0 Å². The van der Waals surface area contributed by atoms with Crippen molar-refractivity contribution in [3.63, 3.8) is 0 Å². The van der Waals surface area contributed by atoms with Gasteiger partial charge in [-0.25, -0.2) is 0 Å². The van der Waals surface area contributed by atoms with Crippen LogP contribution in [0.1, 0.15) is 31.2 Å². The van der Waals surface area contributed by atoms with Gasteiger partial charge in [0.05, 0.1) is 6.20 Å². The van der Waals surface area contributed by atoms with E-state index in [0.717, 1.165) is 19.0 Å². The Morgan fingerprint density at radius 3 is 3.07 bits per heavy atom. The number of hydrogen-bond donors (Lipinski definition) is 1. The Morgan fingerprint density at radius 1 is 1.57 bits per heavy atom. The normalized spacial score (nSPS) is 16.1. The first kappa shape index (κ1) is 9.71. The van der Waals surface area contributed by atoms with Gasteiger partial charge in [0, 0.05) is 25.4 Å². The minimum absolute atomic E-state index is 0.957. The van der Waals surface area contributed by atoms with Gasteiger partial charge in [-0.3, -0.25) is 4.68 Å². The third-order valence-electron chi connectivity index (χ3n) is 2.75. The summed E-state index contributed by atoms with van der Waals surface area (Å²) in [7, 11) is 1.95. The van der Waals surface area contributed by atoms with Crippen molar-refractivity contribution in [2.45, 2.75) is 32.2 Å². The molecule has 3 heteroatoms. The fourth-order valence-electron chi connectivity index (χ4n) is 1.72. The summed E-state index contributed by atoms with van der Waals surface area (Å²) in [5.74, 6) is 1.06. The van der Waals surface area contributed by atoms with Crippen LogP contribution in [0, 0.1) is 5.92 Å². The molecule has 0 spiro atoms. The Balaban J connectivity index is 1.53. The quantitative estimate of drug-likeness (QED) is 0.697. The monoisotopic (exact) mass is 193 g/mol. The third kappa shape index (κ3) is 3.14. The van der Waals surface area contributed by atoms with Crippen LogP contribution in [0.5, 0.6) is 0 Å². The predicted molar refractivity (Wildman–Crippen MR) is 56.9 cm³/mol. The van der Waals surface area contributed by atoms with E-state index in [-0.39, 0.29) is 0 Å². The van der Waals surface area contributed by atoms with Crippen LogP contribution in [-0.2, 0) is 13.6 Å². The van der Waals surface area contributed by atoms with Crippen LogP contribution in [0.25, 0.3) is 0 Å². The molecule has 0 aliphatic heterocycles. The molecule has 1 aromatic rings. The van der Waals surface area contributed by atoms with Crippen molar-refractivity contribution in [2.75, 3.05) is 6.54 Å². The molecule has 3 nitrogen and oxygen atoms in total. The molecule has 0 amide bonds. The highest BCUT2D eigenvalue weighted by Gasteiger charge is 2.19. The van der Waals surface area contributed by atoms with E-state index in [1.807, 2.05) is 17.9 Å². The summed E-state index contributed by atoms with van der Waals surface area (Å²) in [6.45, 7) is 2.10. The summed E-state index contributed by atoms with van der Waals surface area (Å²) in [4.78, 5) is 0. The Kier molecular flexibility index (Phi) is 3.19. The largest absolute Gasteiger partial charge is 0.313 e. The van der Waals surface area contributed by atoms with E-state index in [1.165, 1.54) is 31.2 Å². The fourth-order valence-corrected chi connectivity index (χ4v) is 1.72. The second-order valence-electron chi connectivity index (χ2n) is 4.28. The summed E-state index contributed by atoms with van der Waals surface area (Å²) in [5.41, 5.74) is 1.28. The van der Waals surface area contributed by atoms with Gasteiger partial charge in [0.15, 0.2) is 0 Å². The van der Waals surface area contributed by atoms with Crippen LogP contribution < -0.4 is 5.32 Å². The average Bonchev–Trinajstić information content (AvgIpc) is 2.89. The van der Waals surface area contributed by atoms with Crippen LogP contribution in [-0.4, -0.2) is 16.3 Å². The molecular formula is C11H19N3. The Bertz CT molecular complexity index is 276. The van der Waals surface area contributed by atoms with E-state index in [1.54, 1.807) is 0 Å². The van der Waals surface area contributed by atoms with Gasteiger partial charge in [0.25, 0.3) is 0 Å². The highest BCUT2D eigenvalue weighted by Crippen LogP contribution is 2.33. The van der Waals surface area contributed by atoms with E-state index in [2.05, 4.69) is 16.6 Å². The minimum Gasteiger partial charge on any atom is -0.313 e. The highest BCUT2D eigenvalue weighted by molar-refractivity contribution is 5.02. The standard InChI is InChI=1S/C11H19N3/c1-14-9-11(8-13-14)7-12-6-2-3-10-4-5-10/h8-10,12H,2-7H2,1H3. The number of aromatic nitrogens is 2. The van der Waals surface area contributed by atoms with E-state index in [4.69, 9.17) is 0 Å². The molecule has 1 heterocycles. The summed E-state index contributed by atoms with van der Waals surface area (Å²) in [6, 6.07) is 0. The van der Waals surface area contributed by atoms with Crippen molar-refractivity contribution in [2.24, 2.45) is 13.0 Å². The summed E-state index contributed by atoms with van der Waals surface area (Å²) in [6.07, 6.45) is 9.68. The smallest absolute Gasteiger partial charge is 0.0534 e. The van der Waals surface area contributed by atoms with Crippen LogP contribution >= 0.6 is 0 Å². The van der Waals surface area contributed by atoms with Crippen molar-refractivity contribution in [3.05, 3.63) is 18.0 Å². The maximum atomic E-state index is 4.13. The first-order chi connectivity index (χ1) is 6.84. The van der Waals surface area contributed by atoms with Gasteiger partial charge in [-0.05, 0) is 25.3 Å². The molecule has 1 aromatic heterocycles. The second kappa shape index (κ2) is 4.60. The number of rotatable bonds is 6. The molecule has 14 heavy (non-hydrogen) atoms. The lowest BCUT2D eigenvalue weighted by molar-refractivity contribution is 0.593. The van der Waals surface area contributed by atoms with Gasteiger partial charge in [-0.2, -0.15) is 5.10 Å². The highest BCUT2D eigenvalue weighted by atomic mass is 15.2. The molecule has 0 saturated heterocycles. The number of nitrogens with one attached hydrogen (secondary N) is 1. The number of hydrogen-bond acceptors (Lipinski definition) is 2. The molecule has 78 valence electrons. The molecule has 1 N–H and O–H groups in total. The van der Waals surface area contributed by atoms with Crippen molar-refractivity contribution < 1.29 is 0 Å². The Morgan fingerprint density at radius 2 is 2.43 bits per heavy atom. The van der Waals surface area contributed by atoms with E-state index < -0.39 is 0 Å². The molecule has 1 saturated carbocycles. The summed E-state index contributed by atoms with van der Waals surface area (Å²) >= 11 is 0. The van der Waals surface area contributed by atoms with E-state index >= 15 is 0 Å². The molecule has 1 aliphatic carbocycles. The zero-order chi connectivity index (χ0) is 9.80. The Hall–Kier alpha value is -0.830. The van der Waals surface area contributed by atoms with Gasteiger partial charge in [-0.15, -0.1) is 0 Å². The average molecular weight is 193 g/mol. The van der Waals surface area contributed by atoms with Gasteiger partial charge in [-0.1, -0.05) is 12.8 Å². The third-order valence-corrected chi connectivity index (χ3v) is 2.75. The molecule has 0 bridgehead atoms. The van der Waals surface area contributed by atoms with E-state index in [9.17, 15) is 0 Å².